The molecule has 110 valence electrons. The van der Waals surface area contributed by atoms with Crippen molar-refractivity contribution in [2.45, 2.75) is 46.0 Å². The molecular formula is C17H22N4. The zero-order valence-electron chi connectivity index (χ0n) is 13.0. The molecule has 2 heterocycles. The van der Waals surface area contributed by atoms with Gasteiger partial charge in [0.15, 0.2) is 5.82 Å². The largest absolute Gasteiger partial charge is 0.370 e. The topological polar surface area (TPSA) is 50.7 Å². The van der Waals surface area contributed by atoms with Gasteiger partial charge in [-0.25, -0.2) is 9.97 Å². The molecule has 0 saturated heterocycles. The SMILES string of the molecule is CCCNc1cc(C2CC2)nc(-c2cc(C)nc(C)c2)n1. The molecule has 1 fully saturated rings. The maximum Gasteiger partial charge on any atom is 0.161 e. The summed E-state index contributed by atoms with van der Waals surface area (Å²) in [6.45, 7) is 7.12. The molecule has 4 nitrogen and oxygen atoms in total. The second-order valence-electron chi connectivity index (χ2n) is 5.84. The highest BCUT2D eigenvalue weighted by Gasteiger charge is 2.26. The average Bonchev–Trinajstić information content (AvgIpc) is 3.28. The fourth-order valence-corrected chi connectivity index (χ4v) is 2.49. The van der Waals surface area contributed by atoms with Gasteiger partial charge >= 0.3 is 0 Å². The molecule has 1 saturated carbocycles. The van der Waals surface area contributed by atoms with Crippen LogP contribution in [0.15, 0.2) is 18.2 Å². The molecule has 1 aliphatic rings. The Kier molecular flexibility index (Phi) is 3.86. The van der Waals surface area contributed by atoms with Gasteiger partial charge in [0, 0.05) is 41.2 Å². The van der Waals surface area contributed by atoms with Gasteiger partial charge in [0.05, 0.1) is 0 Å². The number of anilines is 1. The number of aromatic nitrogens is 3. The maximum atomic E-state index is 4.78. The highest BCUT2D eigenvalue weighted by Crippen LogP contribution is 2.40. The van der Waals surface area contributed by atoms with Gasteiger partial charge in [0.2, 0.25) is 0 Å². The summed E-state index contributed by atoms with van der Waals surface area (Å²) in [5.74, 6) is 2.38. The van der Waals surface area contributed by atoms with Crippen LogP contribution in [0.1, 0.15) is 49.2 Å². The van der Waals surface area contributed by atoms with Crippen molar-refractivity contribution in [3.8, 4) is 11.4 Å². The van der Waals surface area contributed by atoms with Crippen molar-refractivity contribution < 1.29 is 0 Å². The first-order valence-electron chi connectivity index (χ1n) is 7.74. The van der Waals surface area contributed by atoms with E-state index in [1.807, 2.05) is 13.8 Å². The standard InChI is InChI=1S/C17H22N4/c1-4-7-18-16-10-15(13-5-6-13)20-17(21-16)14-8-11(2)19-12(3)9-14/h8-10,13H,4-7H2,1-3H3,(H,18,20,21). The van der Waals surface area contributed by atoms with Crippen molar-refractivity contribution in [1.29, 1.82) is 0 Å². The summed E-state index contributed by atoms with van der Waals surface area (Å²) in [5.41, 5.74) is 4.25. The first-order chi connectivity index (χ1) is 10.2. The van der Waals surface area contributed by atoms with Crippen molar-refractivity contribution in [2.75, 3.05) is 11.9 Å². The summed E-state index contributed by atoms with van der Waals surface area (Å²) < 4.78 is 0. The molecule has 3 rings (SSSR count). The Hall–Kier alpha value is -1.97. The van der Waals surface area contributed by atoms with Crippen molar-refractivity contribution in [3.63, 3.8) is 0 Å². The second kappa shape index (κ2) is 5.80. The van der Waals surface area contributed by atoms with Gasteiger partial charge in [-0.1, -0.05) is 6.92 Å². The Labute approximate surface area is 126 Å². The highest BCUT2D eigenvalue weighted by atomic mass is 15.0. The second-order valence-corrected chi connectivity index (χ2v) is 5.84. The van der Waals surface area contributed by atoms with E-state index in [9.17, 15) is 0 Å². The van der Waals surface area contributed by atoms with Crippen LogP contribution in [0.4, 0.5) is 5.82 Å². The highest BCUT2D eigenvalue weighted by molar-refractivity contribution is 5.59. The fourth-order valence-electron chi connectivity index (χ4n) is 2.49. The molecule has 0 spiro atoms. The lowest BCUT2D eigenvalue weighted by atomic mass is 10.1. The predicted molar refractivity (Wildman–Crippen MR) is 85.5 cm³/mol. The van der Waals surface area contributed by atoms with E-state index in [4.69, 9.17) is 4.98 Å². The Morgan fingerprint density at radius 1 is 1.05 bits per heavy atom. The van der Waals surface area contributed by atoms with Crippen LogP contribution in [0.3, 0.4) is 0 Å². The Bertz CT molecular complexity index is 627. The number of nitrogens with zero attached hydrogens (tertiary/aromatic N) is 3. The molecule has 21 heavy (non-hydrogen) atoms. The molecule has 0 aliphatic heterocycles. The van der Waals surface area contributed by atoms with Crippen LogP contribution in [-0.2, 0) is 0 Å². The van der Waals surface area contributed by atoms with Crippen LogP contribution in [0.2, 0.25) is 0 Å². The summed E-state index contributed by atoms with van der Waals surface area (Å²) in [5, 5.41) is 3.39. The summed E-state index contributed by atoms with van der Waals surface area (Å²) in [7, 11) is 0. The smallest absolute Gasteiger partial charge is 0.161 e. The predicted octanol–water partition coefficient (Wildman–Crippen LogP) is 3.85. The van der Waals surface area contributed by atoms with E-state index in [1.165, 1.54) is 18.5 Å². The van der Waals surface area contributed by atoms with Crippen molar-refractivity contribution >= 4 is 5.82 Å². The van der Waals surface area contributed by atoms with Gasteiger partial charge in [0.1, 0.15) is 5.82 Å². The lowest BCUT2D eigenvalue weighted by Crippen LogP contribution is -2.05. The Balaban J connectivity index is 2.01. The zero-order chi connectivity index (χ0) is 14.8. The molecule has 1 aliphatic carbocycles. The minimum absolute atomic E-state index is 0.623. The molecule has 0 amide bonds. The van der Waals surface area contributed by atoms with Gasteiger partial charge in [-0.3, -0.25) is 4.98 Å². The molecule has 4 heteroatoms. The number of nitrogens with one attached hydrogen (secondary N) is 1. The number of pyridine rings is 1. The normalized spacial score (nSPS) is 14.2. The van der Waals surface area contributed by atoms with Gasteiger partial charge in [-0.05, 0) is 45.2 Å². The third kappa shape index (κ3) is 3.38. The fraction of sp³-hybridized carbons (Fsp3) is 0.471. The van der Waals surface area contributed by atoms with Crippen LogP contribution in [0, 0.1) is 13.8 Å². The summed E-state index contributed by atoms with van der Waals surface area (Å²) >= 11 is 0. The van der Waals surface area contributed by atoms with E-state index >= 15 is 0 Å². The minimum atomic E-state index is 0.623. The zero-order valence-corrected chi connectivity index (χ0v) is 13.0. The first-order valence-corrected chi connectivity index (χ1v) is 7.74. The third-order valence-corrected chi connectivity index (χ3v) is 3.64. The first kappa shape index (κ1) is 14.0. The van der Waals surface area contributed by atoms with Gasteiger partial charge < -0.3 is 5.32 Å². The van der Waals surface area contributed by atoms with E-state index in [1.54, 1.807) is 0 Å². The van der Waals surface area contributed by atoms with Crippen LogP contribution < -0.4 is 5.32 Å². The average molecular weight is 282 g/mol. The summed E-state index contributed by atoms with van der Waals surface area (Å²) in [6.07, 6.45) is 3.59. The van der Waals surface area contributed by atoms with Crippen LogP contribution >= 0.6 is 0 Å². The van der Waals surface area contributed by atoms with E-state index < -0.39 is 0 Å². The maximum absolute atomic E-state index is 4.78. The molecule has 0 radical (unpaired) electrons. The van der Waals surface area contributed by atoms with Gasteiger partial charge in [0.25, 0.3) is 0 Å². The minimum Gasteiger partial charge on any atom is -0.370 e. The van der Waals surface area contributed by atoms with Crippen LogP contribution in [0.25, 0.3) is 11.4 Å². The number of hydrogen-bond acceptors (Lipinski definition) is 4. The molecule has 2 aromatic rings. The van der Waals surface area contributed by atoms with Crippen molar-refractivity contribution in [3.05, 3.63) is 35.3 Å². The van der Waals surface area contributed by atoms with Gasteiger partial charge in [-0.15, -0.1) is 0 Å². The van der Waals surface area contributed by atoms with Crippen molar-refractivity contribution in [1.82, 2.24) is 15.0 Å². The number of hydrogen-bond donors (Lipinski definition) is 1. The van der Waals surface area contributed by atoms with E-state index in [0.29, 0.717) is 5.92 Å². The molecule has 2 aromatic heterocycles. The number of aryl methyl sites for hydroxylation is 2. The Morgan fingerprint density at radius 3 is 2.38 bits per heavy atom. The molecular weight excluding hydrogens is 260 g/mol. The molecule has 0 aromatic carbocycles. The Morgan fingerprint density at radius 2 is 1.76 bits per heavy atom. The molecule has 1 N–H and O–H groups in total. The molecule has 0 bridgehead atoms. The van der Waals surface area contributed by atoms with Crippen LogP contribution in [-0.4, -0.2) is 21.5 Å². The van der Waals surface area contributed by atoms with E-state index in [2.05, 4.69) is 40.4 Å². The monoisotopic (exact) mass is 282 g/mol. The quantitative estimate of drug-likeness (QED) is 0.905. The van der Waals surface area contributed by atoms with Crippen LogP contribution in [0.5, 0.6) is 0 Å². The lowest BCUT2D eigenvalue weighted by molar-refractivity contribution is 0.947. The van der Waals surface area contributed by atoms with Gasteiger partial charge in [-0.2, -0.15) is 0 Å². The lowest BCUT2D eigenvalue weighted by Gasteiger charge is -2.10. The number of rotatable bonds is 5. The summed E-state index contributed by atoms with van der Waals surface area (Å²) in [4.78, 5) is 13.9. The molecule has 0 unspecified atom stereocenters. The van der Waals surface area contributed by atoms with Crippen molar-refractivity contribution in [2.24, 2.45) is 0 Å². The third-order valence-electron chi connectivity index (χ3n) is 3.64. The van der Waals surface area contributed by atoms with E-state index in [-0.39, 0.29) is 0 Å². The molecule has 0 atom stereocenters. The summed E-state index contributed by atoms with van der Waals surface area (Å²) in [6, 6.07) is 6.23. The van der Waals surface area contributed by atoms with E-state index in [0.717, 1.165) is 41.6 Å².